The Kier molecular flexibility index (Phi) is 3.96. The lowest BCUT2D eigenvalue weighted by molar-refractivity contribution is -0.147. The van der Waals surface area contributed by atoms with Crippen LogP contribution in [0.3, 0.4) is 0 Å². The predicted octanol–water partition coefficient (Wildman–Crippen LogP) is 2.38. The molecule has 1 saturated heterocycles. The van der Waals surface area contributed by atoms with Crippen LogP contribution in [0.2, 0.25) is 0 Å². The third kappa shape index (κ3) is 3.11. The number of anilines is 1. The maximum Gasteiger partial charge on any atom is 0.306 e. The number of thiazole rings is 1. The van der Waals surface area contributed by atoms with Gasteiger partial charge in [0.15, 0.2) is 6.10 Å². The second-order valence-electron chi connectivity index (χ2n) is 4.70. The first kappa shape index (κ1) is 13.8. The molecule has 3 rings (SSSR count). The number of esters is 1. The van der Waals surface area contributed by atoms with Crippen molar-refractivity contribution >= 4 is 28.9 Å². The van der Waals surface area contributed by atoms with Crippen LogP contribution in [0.25, 0.3) is 0 Å². The summed E-state index contributed by atoms with van der Waals surface area (Å²) in [6.45, 7) is 0.383. The molecule has 2 heterocycles. The highest BCUT2D eigenvalue weighted by atomic mass is 32.1. The van der Waals surface area contributed by atoms with Crippen LogP contribution in [0.5, 0.6) is 0 Å². The van der Waals surface area contributed by atoms with Crippen LogP contribution in [0.4, 0.5) is 5.69 Å². The maximum atomic E-state index is 12.6. The lowest BCUT2D eigenvalue weighted by Gasteiger charge is -2.24. The summed E-state index contributed by atoms with van der Waals surface area (Å²) in [7, 11) is 0. The molecule has 108 valence electrons. The molecule has 5 nitrogen and oxygen atoms in total. The minimum atomic E-state index is -0.683. The normalized spacial score (nSPS) is 17.5. The van der Waals surface area contributed by atoms with Crippen LogP contribution in [0.1, 0.15) is 17.8 Å². The number of hydrogen-bond donors (Lipinski definition) is 0. The Balaban J connectivity index is 1.85. The van der Waals surface area contributed by atoms with E-state index in [4.69, 9.17) is 4.74 Å². The van der Waals surface area contributed by atoms with Gasteiger partial charge in [0.1, 0.15) is 5.01 Å². The van der Waals surface area contributed by atoms with Crippen molar-refractivity contribution in [3.8, 4) is 0 Å². The van der Waals surface area contributed by atoms with Gasteiger partial charge in [0.05, 0.1) is 6.54 Å². The zero-order valence-corrected chi connectivity index (χ0v) is 12.1. The number of rotatable bonds is 4. The van der Waals surface area contributed by atoms with Gasteiger partial charge < -0.3 is 9.64 Å². The zero-order valence-electron chi connectivity index (χ0n) is 11.3. The lowest BCUT2D eigenvalue weighted by atomic mass is 10.2. The van der Waals surface area contributed by atoms with E-state index in [2.05, 4.69) is 4.98 Å². The van der Waals surface area contributed by atoms with Crippen molar-refractivity contribution in [3.05, 3.63) is 46.9 Å². The molecule has 0 unspecified atom stereocenters. The molecule has 1 aliphatic rings. The summed E-state index contributed by atoms with van der Waals surface area (Å²) in [5.41, 5.74) is 0.778. The molecule has 0 saturated carbocycles. The van der Waals surface area contributed by atoms with Gasteiger partial charge in [0.2, 0.25) is 0 Å². The van der Waals surface area contributed by atoms with Gasteiger partial charge in [-0.05, 0) is 12.1 Å². The van der Waals surface area contributed by atoms with E-state index in [1.54, 1.807) is 11.1 Å². The number of carbonyl (C=O) groups excluding carboxylic acids is 2. The average Bonchev–Trinajstić information content (AvgIpc) is 3.16. The van der Waals surface area contributed by atoms with Gasteiger partial charge in [-0.2, -0.15) is 0 Å². The Labute approximate surface area is 126 Å². The van der Waals surface area contributed by atoms with Crippen LogP contribution in [-0.2, 0) is 20.9 Å². The van der Waals surface area contributed by atoms with E-state index in [1.807, 2.05) is 35.7 Å². The van der Waals surface area contributed by atoms with Crippen molar-refractivity contribution in [2.75, 3.05) is 4.90 Å². The van der Waals surface area contributed by atoms with Crippen LogP contribution in [-0.4, -0.2) is 23.0 Å². The Morgan fingerprint density at radius 3 is 2.81 bits per heavy atom. The second-order valence-corrected chi connectivity index (χ2v) is 5.68. The molecule has 1 aromatic carbocycles. The molecule has 1 fully saturated rings. The molecular formula is C15H14N2O3S. The molecular weight excluding hydrogens is 288 g/mol. The maximum absolute atomic E-state index is 12.6. The Morgan fingerprint density at radius 2 is 2.19 bits per heavy atom. The molecule has 0 radical (unpaired) electrons. The molecule has 1 amide bonds. The monoisotopic (exact) mass is 302 g/mol. The van der Waals surface area contributed by atoms with Gasteiger partial charge in [-0.1, -0.05) is 18.2 Å². The molecule has 0 bridgehead atoms. The Morgan fingerprint density at radius 1 is 1.38 bits per heavy atom. The molecule has 1 aromatic heterocycles. The van der Waals surface area contributed by atoms with E-state index < -0.39 is 6.10 Å². The topological polar surface area (TPSA) is 59.5 Å². The fourth-order valence-electron chi connectivity index (χ4n) is 2.24. The quantitative estimate of drug-likeness (QED) is 0.814. The van der Waals surface area contributed by atoms with E-state index in [0.717, 1.165) is 10.7 Å². The molecule has 0 aliphatic carbocycles. The van der Waals surface area contributed by atoms with Crippen molar-refractivity contribution in [2.45, 2.75) is 25.5 Å². The minimum absolute atomic E-state index is 0.192. The first-order valence-electron chi connectivity index (χ1n) is 6.68. The number of para-hydroxylation sites is 1. The Hall–Kier alpha value is -2.21. The summed E-state index contributed by atoms with van der Waals surface area (Å²) in [5.74, 6) is -0.502. The molecule has 2 aromatic rings. The van der Waals surface area contributed by atoms with Crippen LogP contribution >= 0.6 is 11.3 Å². The van der Waals surface area contributed by atoms with E-state index in [1.165, 1.54) is 11.3 Å². The van der Waals surface area contributed by atoms with E-state index in [9.17, 15) is 9.59 Å². The lowest BCUT2D eigenvalue weighted by Crippen LogP contribution is -2.38. The Bertz CT molecular complexity index is 628. The number of aromatic nitrogens is 1. The van der Waals surface area contributed by atoms with E-state index in [-0.39, 0.29) is 11.9 Å². The number of benzene rings is 1. The van der Waals surface area contributed by atoms with Crippen LogP contribution in [0.15, 0.2) is 41.9 Å². The van der Waals surface area contributed by atoms with Gasteiger partial charge in [-0.25, -0.2) is 4.98 Å². The summed E-state index contributed by atoms with van der Waals surface area (Å²) in [4.78, 5) is 29.7. The smallest absolute Gasteiger partial charge is 0.306 e. The number of amides is 1. The largest absolute Gasteiger partial charge is 0.452 e. The predicted molar refractivity (Wildman–Crippen MR) is 78.9 cm³/mol. The minimum Gasteiger partial charge on any atom is -0.452 e. The standard InChI is InChI=1S/C15H14N2O3S/c18-14-7-6-12(20-14)15(19)17(10-13-16-8-9-21-13)11-4-2-1-3-5-11/h1-5,8-9,12H,6-7,10H2/t12-/m1/s1. The van der Waals surface area contributed by atoms with Gasteiger partial charge in [-0.3, -0.25) is 9.59 Å². The first-order chi connectivity index (χ1) is 10.2. The highest BCUT2D eigenvalue weighted by molar-refractivity contribution is 7.09. The number of carbonyl (C=O) groups is 2. The number of nitrogens with zero attached hydrogens (tertiary/aromatic N) is 2. The van der Waals surface area contributed by atoms with Crippen molar-refractivity contribution in [2.24, 2.45) is 0 Å². The van der Waals surface area contributed by atoms with E-state index >= 15 is 0 Å². The number of hydrogen-bond acceptors (Lipinski definition) is 5. The molecule has 1 aliphatic heterocycles. The summed E-state index contributed by atoms with van der Waals surface area (Å²) in [6.07, 6.45) is 1.77. The molecule has 6 heteroatoms. The van der Waals surface area contributed by atoms with Crippen molar-refractivity contribution < 1.29 is 14.3 Å². The molecule has 0 N–H and O–H groups in total. The van der Waals surface area contributed by atoms with Crippen LogP contribution < -0.4 is 4.90 Å². The summed E-state index contributed by atoms with van der Waals surface area (Å²) >= 11 is 1.49. The first-order valence-corrected chi connectivity index (χ1v) is 7.56. The molecule has 0 spiro atoms. The second kappa shape index (κ2) is 6.05. The SMILES string of the molecule is O=C1CC[C@H](C(=O)N(Cc2nccs2)c2ccccc2)O1. The van der Waals surface area contributed by atoms with Gasteiger partial charge >= 0.3 is 5.97 Å². The summed E-state index contributed by atoms with van der Waals surface area (Å²) < 4.78 is 5.10. The fourth-order valence-corrected chi connectivity index (χ4v) is 2.85. The van der Waals surface area contributed by atoms with E-state index in [0.29, 0.717) is 19.4 Å². The van der Waals surface area contributed by atoms with Gasteiger partial charge in [0.25, 0.3) is 5.91 Å². The highest BCUT2D eigenvalue weighted by Crippen LogP contribution is 2.23. The molecule has 1 atom stereocenters. The fraction of sp³-hybridized carbons (Fsp3) is 0.267. The molecule has 21 heavy (non-hydrogen) atoms. The summed E-state index contributed by atoms with van der Waals surface area (Å²) in [5, 5.41) is 2.72. The third-order valence-electron chi connectivity index (χ3n) is 3.27. The van der Waals surface area contributed by atoms with Gasteiger partial charge in [-0.15, -0.1) is 11.3 Å². The third-order valence-corrected chi connectivity index (χ3v) is 4.03. The zero-order chi connectivity index (χ0) is 14.7. The summed E-state index contributed by atoms with van der Waals surface area (Å²) in [6, 6.07) is 9.37. The van der Waals surface area contributed by atoms with Crippen molar-refractivity contribution in [3.63, 3.8) is 0 Å². The van der Waals surface area contributed by atoms with Crippen LogP contribution in [0, 0.1) is 0 Å². The van der Waals surface area contributed by atoms with Crippen molar-refractivity contribution in [1.29, 1.82) is 0 Å². The number of ether oxygens (including phenoxy) is 1. The number of cyclic esters (lactones) is 1. The van der Waals surface area contributed by atoms with Crippen molar-refractivity contribution in [1.82, 2.24) is 4.98 Å². The van der Waals surface area contributed by atoms with Gasteiger partial charge in [0, 0.05) is 30.1 Å². The highest BCUT2D eigenvalue weighted by Gasteiger charge is 2.34. The average molecular weight is 302 g/mol.